The highest BCUT2D eigenvalue weighted by molar-refractivity contribution is 5.95. The highest BCUT2D eigenvalue weighted by atomic mass is 19.1. The monoisotopic (exact) mass is 408 g/mol. The van der Waals surface area contributed by atoms with Gasteiger partial charge in [-0.3, -0.25) is 25.8 Å². The van der Waals surface area contributed by atoms with Crippen LogP contribution in [-0.2, 0) is 6.54 Å². The summed E-state index contributed by atoms with van der Waals surface area (Å²) in [4.78, 5) is 30.6. The Bertz CT molecular complexity index is 1240. The topological polar surface area (TPSA) is 141 Å². The molecule has 12 heteroatoms. The molecule has 11 nitrogen and oxygen atoms in total. The van der Waals surface area contributed by atoms with E-state index in [1.54, 1.807) is 18.2 Å². The summed E-state index contributed by atoms with van der Waals surface area (Å²) in [6.07, 6.45) is 1.25. The quantitative estimate of drug-likeness (QED) is 0.365. The first-order chi connectivity index (χ1) is 14.5. The second kappa shape index (κ2) is 7.87. The van der Waals surface area contributed by atoms with Crippen molar-refractivity contribution < 1.29 is 14.1 Å². The normalized spacial score (nSPS) is 10.7. The van der Waals surface area contributed by atoms with E-state index in [9.17, 15) is 19.3 Å². The number of amides is 1. The summed E-state index contributed by atoms with van der Waals surface area (Å²) in [6.45, 7) is 0.120. The number of benzene rings is 2. The third-order valence-corrected chi connectivity index (χ3v) is 4.21. The molecule has 4 aromatic rings. The third-order valence-electron chi connectivity index (χ3n) is 4.21. The van der Waals surface area contributed by atoms with Crippen LogP contribution in [0.1, 0.15) is 15.9 Å². The Hall–Kier alpha value is -4.48. The molecular weight excluding hydrogens is 395 g/mol. The zero-order chi connectivity index (χ0) is 21.1. The number of nitrogens with zero attached hydrogens (tertiary/aromatic N) is 6. The first-order valence-corrected chi connectivity index (χ1v) is 8.61. The number of carbonyl (C=O) groups is 1. The molecule has 2 N–H and O–H groups in total. The number of nitro benzene ring substituents is 1. The minimum absolute atomic E-state index is 0.120. The summed E-state index contributed by atoms with van der Waals surface area (Å²) in [5.74, 6) is -0.714. The number of non-ortho nitro benzene ring substituents is 1. The van der Waals surface area contributed by atoms with Gasteiger partial charge in [0.2, 0.25) is 0 Å². The molecular formula is C18H13FN8O3. The van der Waals surface area contributed by atoms with Crippen LogP contribution >= 0.6 is 0 Å². The number of carbonyl (C=O) groups excluding carboxylic acids is 1. The summed E-state index contributed by atoms with van der Waals surface area (Å²) in [6, 6.07) is 11.4. The van der Waals surface area contributed by atoms with Gasteiger partial charge in [0, 0.05) is 23.3 Å². The van der Waals surface area contributed by atoms with Crippen molar-refractivity contribution in [1.82, 2.24) is 30.4 Å². The third kappa shape index (κ3) is 3.73. The number of nitrogens with one attached hydrogen (secondary N) is 2. The molecule has 0 saturated carbocycles. The van der Waals surface area contributed by atoms with Crippen molar-refractivity contribution in [2.75, 3.05) is 5.43 Å². The van der Waals surface area contributed by atoms with Crippen LogP contribution in [0, 0.1) is 15.9 Å². The van der Waals surface area contributed by atoms with E-state index in [0.717, 1.165) is 0 Å². The number of halogens is 1. The summed E-state index contributed by atoms with van der Waals surface area (Å²) >= 11 is 0. The Kier molecular flexibility index (Phi) is 4.95. The predicted octanol–water partition coefficient (Wildman–Crippen LogP) is 2.07. The van der Waals surface area contributed by atoms with E-state index >= 15 is 0 Å². The lowest BCUT2D eigenvalue weighted by Gasteiger charge is -2.08. The fraction of sp³-hybridized carbons (Fsp3) is 0.0556. The molecule has 0 aliphatic rings. The average Bonchev–Trinajstić information content (AvgIpc) is 3.17. The molecule has 0 fully saturated rings. The molecule has 0 bridgehead atoms. The Morgan fingerprint density at radius 2 is 1.90 bits per heavy atom. The van der Waals surface area contributed by atoms with Gasteiger partial charge in [-0.05, 0) is 18.2 Å². The van der Waals surface area contributed by atoms with Crippen molar-refractivity contribution in [1.29, 1.82) is 0 Å². The van der Waals surface area contributed by atoms with Gasteiger partial charge >= 0.3 is 0 Å². The second-order valence-electron chi connectivity index (χ2n) is 6.12. The van der Waals surface area contributed by atoms with Crippen LogP contribution in [0.2, 0.25) is 0 Å². The number of aromatic nitrogens is 5. The average molecular weight is 408 g/mol. The summed E-state index contributed by atoms with van der Waals surface area (Å²) in [5.41, 5.74) is 6.21. The van der Waals surface area contributed by atoms with Gasteiger partial charge in [0.25, 0.3) is 11.6 Å². The van der Waals surface area contributed by atoms with Gasteiger partial charge in [-0.15, -0.1) is 5.10 Å². The molecule has 0 atom stereocenters. The lowest BCUT2D eigenvalue weighted by molar-refractivity contribution is -0.384. The lowest BCUT2D eigenvalue weighted by atomic mass is 10.2. The van der Waals surface area contributed by atoms with Gasteiger partial charge in [0.05, 0.1) is 11.5 Å². The fourth-order valence-corrected chi connectivity index (χ4v) is 2.70. The highest BCUT2D eigenvalue weighted by Crippen LogP contribution is 2.17. The Labute approximate surface area is 167 Å². The van der Waals surface area contributed by atoms with Crippen molar-refractivity contribution >= 4 is 28.6 Å². The summed E-state index contributed by atoms with van der Waals surface area (Å²) in [7, 11) is 0. The zero-order valence-electron chi connectivity index (χ0n) is 15.2. The first kappa shape index (κ1) is 18.9. The number of anilines is 1. The van der Waals surface area contributed by atoms with Crippen LogP contribution in [-0.4, -0.2) is 35.8 Å². The number of fused-ring (bicyclic) bond motifs is 1. The maximum atomic E-state index is 13.9. The van der Waals surface area contributed by atoms with Crippen LogP contribution in [0.3, 0.4) is 0 Å². The van der Waals surface area contributed by atoms with Crippen LogP contribution in [0.5, 0.6) is 0 Å². The van der Waals surface area contributed by atoms with Gasteiger partial charge in [0.1, 0.15) is 12.1 Å². The van der Waals surface area contributed by atoms with Crippen molar-refractivity contribution in [3.63, 3.8) is 0 Å². The molecule has 0 radical (unpaired) electrons. The second-order valence-corrected chi connectivity index (χ2v) is 6.12. The van der Waals surface area contributed by atoms with E-state index in [0.29, 0.717) is 11.2 Å². The summed E-state index contributed by atoms with van der Waals surface area (Å²) in [5, 5.41) is 18.7. The molecule has 0 unspecified atom stereocenters. The molecule has 0 aliphatic heterocycles. The first-order valence-electron chi connectivity index (χ1n) is 8.61. The van der Waals surface area contributed by atoms with Gasteiger partial charge < -0.3 is 0 Å². The van der Waals surface area contributed by atoms with E-state index in [4.69, 9.17) is 0 Å². The van der Waals surface area contributed by atoms with E-state index < -0.39 is 10.8 Å². The molecule has 2 heterocycles. The fourth-order valence-electron chi connectivity index (χ4n) is 2.70. The van der Waals surface area contributed by atoms with Crippen molar-refractivity contribution in [2.24, 2.45) is 0 Å². The Balaban J connectivity index is 1.51. The highest BCUT2D eigenvalue weighted by Gasteiger charge is 2.15. The minimum atomic E-state index is -0.553. The SMILES string of the molecule is O=C(NNc1ncnc2c1nnn2Cc1ccccc1F)c1ccc([N+](=O)[O-])cc1. The van der Waals surface area contributed by atoms with E-state index in [1.807, 2.05) is 0 Å². The Morgan fingerprint density at radius 1 is 1.13 bits per heavy atom. The van der Waals surface area contributed by atoms with E-state index in [1.165, 1.54) is 41.3 Å². The molecule has 0 aliphatic carbocycles. The standard InChI is InChI=1S/C18H13FN8O3/c19-14-4-2-1-3-12(14)9-26-17-15(22-25-26)16(20-10-21-17)23-24-18(28)11-5-7-13(8-6-11)27(29)30/h1-8,10H,9H2,(H,24,28)(H,20,21,23). The molecule has 0 spiro atoms. The molecule has 150 valence electrons. The van der Waals surface area contributed by atoms with Crippen molar-refractivity contribution in [3.8, 4) is 0 Å². The van der Waals surface area contributed by atoms with Crippen LogP contribution in [0.15, 0.2) is 54.9 Å². The predicted molar refractivity (Wildman–Crippen MR) is 103 cm³/mol. The van der Waals surface area contributed by atoms with Crippen LogP contribution in [0.25, 0.3) is 11.2 Å². The molecule has 0 saturated heterocycles. The maximum Gasteiger partial charge on any atom is 0.269 e. The van der Waals surface area contributed by atoms with Gasteiger partial charge in [-0.25, -0.2) is 19.0 Å². The Morgan fingerprint density at radius 3 is 2.63 bits per heavy atom. The van der Waals surface area contributed by atoms with Gasteiger partial charge in [-0.1, -0.05) is 23.4 Å². The van der Waals surface area contributed by atoms with E-state index in [2.05, 4.69) is 31.1 Å². The molecule has 1 amide bonds. The minimum Gasteiger partial charge on any atom is -0.280 e. The van der Waals surface area contributed by atoms with Gasteiger partial charge in [0.15, 0.2) is 17.0 Å². The molecule has 4 rings (SSSR count). The van der Waals surface area contributed by atoms with Crippen LogP contribution < -0.4 is 10.9 Å². The van der Waals surface area contributed by atoms with Crippen LogP contribution in [0.4, 0.5) is 15.9 Å². The number of hydrazine groups is 1. The number of nitro groups is 1. The number of hydrogen-bond donors (Lipinski definition) is 2. The smallest absolute Gasteiger partial charge is 0.269 e. The molecule has 30 heavy (non-hydrogen) atoms. The maximum absolute atomic E-state index is 13.9. The largest absolute Gasteiger partial charge is 0.280 e. The lowest BCUT2D eigenvalue weighted by Crippen LogP contribution is -2.30. The van der Waals surface area contributed by atoms with Crippen molar-refractivity contribution in [2.45, 2.75) is 6.54 Å². The van der Waals surface area contributed by atoms with Crippen molar-refractivity contribution in [3.05, 3.63) is 81.9 Å². The van der Waals surface area contributed by atoms with Gasteiger partial charge in [-0.2, -0.15) is 0 Å². The molecule has 2 aromatic heterocycles. The number of rotatable bonds is 6. The van der Waals surface area contributed by atoms with E-state index in [-0.39, 0.29) is 34.9 Å². The zero-order valence-corrected chi connectivity index (χ0v) is 15.2. The summed E-state index contributed by atoms with van der Waals surface area (Å²) < 4.78 is 15.3. The number of hydrogen-bond acceptors (Lipinski definition) is 8. The molecule has 2 aromatic carbocycles.